The predicted octanol–water partition coefficient (Wildman–Crippen LogP) is -2.92. The predicted molar refractivity (Wildman–Crippen MR) is 30.5 cm³/mol. The van der Waals surface area contributed by atoms with E-state index in [1.807, 2.05) is 0 Å². The van der Waals surface area contributed by atoms with Crippen molar-refractivity contribution < 1.29 is 22.0 Å². The van der Waals surface area contributed by atoms with Crippen LogP contribution in [0.4, 0.5) is 0 Å². The molecule has 0 saturated carbocycles. The number of halogens is 1. The standard InChI is InChI=1S/C4H7NO2.ClH.Mg/c1-3(6)5-4(2)7;;/h1-2H3,(H,5,6,7);1H;/q;;+2/p-2. The molecule has 0 aliphatic heterocycles. The molecule has 0 bridgehead atoms. The summed E-state index contributed by atoms with van der Waals surface area (Å²) in [6.07, 6.45) is 0. The van der Waals surface area contributed by atoms with Crippen LogP contribution in [0.25, 0.3) is 5.32 Å². The third-order valence-corrected chi connectivity index (χ3v) is 0.315. The molecule has 0 radical (unpaired) electrons. The number of nitrogens with zero attached hydrogens (tertiary/aromatic N) is 1. The van der Waals surface area contributed by atoms with Gasteiger partial charge in [-0.3, -0.25) is 0 Å². The van der Waals surface area contributed by atoms with E-state index in [1.54, 1.807) is 0 Å². The van der Waals surface area contributed by atoms with Crippen LogP contribution in [0.2, 0.25) is 0 Å². The molecule has 3 nitrogen and oxygen atoms in total. The van der Waals surface area contributed by atoms with Crippen molar-refractivity contribution in [2.45, 2.75) is 13.8 Å². The molecule has 0 aromatic rings. The zero-order chi connectivity index (χ0) is 5.86. The van der Waals surface area contributed by atoms with Gasteiger partial charge in [0.15, 0.2) is 0 Å². The van der Waals surface area contributed by atoms with Gasteiger partial charge in [0.2, 0.25) is 0 Å². The molecular weight excluding hydrogens is 154 g/mol. The second-order valence-electron chi connectivity index (χ2n) is 1.15. The average molecular weight is 160 g/mol. The zero-order valence-corrected chi connectivity index (χ0v) is 7.52. The van der Waals surface area contributed by atoms with E-state index in [-0.39, 0.29) is 35.5 Å². The van der Waals surface area contributed by atoms with Gasteiger partial charge in [0.25, 0.3) is 0 Å². The molecule has 0 heterocycles. The van der Waals surface area contributed by atoms with Crippen LogP contribution < -0.4 is 12.4 Å². The topological polar surface area (TPSA) is 48.2 Å². The van der Waals surface area contributed by atoms with Crippen LogP contribution in [0.1, 0.15) is 13.8 Å². The van der Waals surface area contributed by atoms with Crippen molar-refractivity contribution in [3.63, 3.8) is 0 Å². The molecule has 0 aliphatic carbocycles. The first-order valence-electron chi connectivity index (χ1n) is 1.86. The molecule has 0 N–H and O–H groups in total. The summed E-state index contributed by atoms with van der Waals surface area (Å²) in [5, 5.41) is 3.00. The van der Waals surface area contributed by atoms with E-state index >= 15 is 0 Å². The van der Waals surface area contributed by atoms with Crippen LogP contribution in [-0.2, 0) is 9.59 Å². The molecule has 0 aliphatic rings. The smallest absolute Gasteiger partial charge is 1.00 e. The van der Waals surface area contributed by atoms with E-state index in [0.717, 1.165) is 0 Å². The van der Waals surface area contributed by atoms with Gasteiger partial charge < -0.3 is 27.3 Å². The first-order valence-corrected chi connectivity index (χ1v) is 1.86. The van der Waals surface area contributed by atoms with Crippen molar-refractivity contribution in [3.8, 4) is 0 Å². The first-order chi connectivity index (χ1) is 3.13. The largest absolute Gasteiger partial charge is 2.00 e. The molecular formula is C4H6ClMgNO2. The van der Waals surface area contributed by atoms with Crippen molar-refractivity contribution in [2.24, 2.45) is 0 Å². The minimum absolute atomic E-state index is 0. The molecule has 0 rings (SSSR count). The monoisotopic (exact) mass is 159 g/mol. The summed E-state index contributed by atoms with van der Waals surface area (Å²) in [5.41, 5.74) is 0. The fraction of sp³-hybridized carbons (Fsp3) is 0.500. The zero-order valence-electron chi connectivity index (χ0n) is 5.35. The quantitative estimate of drug-likeness (QED) is 0.356. The Balaban J connectivity index is -0.000000180. The summed E-state index contributed by atoms with van der Waals surface area (Å²) in [4.78, 5) is 19.7. The van der Waals surface area contributed by atoms with Gasteiger partial charge in [-0.25, -0.2) is 0 Å². The summed E-state index contributed by atoms with van der Waals surface area (Å²) in [6, 6.07) is 0. The Morgan fingerprint density at radius 1 is 1.11 bits per heavy atom. The minimum atomic E-state index is -0.437. The van der Waals surface area contributed by atoms with Gasteiger partial charge in [-0.05, 0) is 13.8 Å². The summed E-state index contributed by atoms with van der Waals surface area (Å²) in [7, 11) is 0. The summed E-state index contributed by atoms with van der Waals surface area (Å²) in [6.45, 7) is 2.47. The second kappa shape index (κ2) is 8.20. The van der Waals surface area contributed by atoms with Crippen LogP contribution in [0.15, 0.2) is 0 Å². The molecule has 0 aromatic heterocycles. The maximum Gasteiger partial charge on any atom is 2.00 e. The van der Waals surface area contributed by atoms with Gasteiger partial charge in [0.1, 0.15) is 0 Å². The first kappa shape index (κ1) is 16.1. The molecule has 0 spiro atoms. The molecule has 0 fully saturated rings. The van der Waals surface area contributed by atoms with Crippen LogP contribution in [0.5, 0.6) is 0 Å². The Bertz CT molecular complexity index is 94.7. The van der Waals surface area contributed by atoms with Crippen molar-refractivity contribution in [1.82, 2.24) is 0 Å². The van der Waals surface area contributed by atoms with Gasteiger partial charge in [-0.1, -0.05) is 0 Å². The number of rotatable bonds is 0. The van der Waals surface area contributed by atoms with Gasteiger partial charge in [0.05, 0.1) is 11.8 Å². The fourth-order valence-corrected chi connectivity index (χ4v) is 0.222. The Hall–Kier alpha value is 0.196. The molecule has 0 unspecified atom stereocenters. The van der Waals surface area contributed by atoms with E-state index in [0.29, 0.717) is 0 Å². The third kappa shape index (κ3) is 17.9. The SMILES string of the molecule is CC(=O)[N-]C(C)=O.[Cl-].[Mg+2]. The number of carbonyl (C=O) groups excluding carboxylic acids is 2. The van der Waals surface area contributed by atoms with E-state index in [1.165, 1.54) is 13.8 Å². The average Bonchev–Trinajstić information content (AvgIpc) is 1.27. The Labute approximate surface area is 76.1 Å². The van der Waals surface area contributed by atoms with Crippen LogP contribution >= 0.6 is 0 Å². The Kier molecular flexibility index (Phi) is 14.7. The summed E-state index contributed by atoms with van der Waals surface area (Å²) in [5.74, 6) is -0.875. The second-order valence-corrected chi connectivity index (χ2v) is 1.15. The van der Waals surface area contributed by atoms with E-state index in [2.05, 4.69) is 5.32 Å². The summed E-state index contributed by atoms with van der Waals surface area (Å²) >= 11 is 0. The van der Waals surface area contributed by atoms with Gasteiger partial charge >= 0.3 is 23.1 Å². The van der Waals surface area contributed by atoms with Gasteiger partial charge in [0, 0.05) is 0 Å². The van der Waals surface area contributed by atoms with Crippen LogP contribution in [0, 0.1) is 0 Å². The van der Waals surface area contributed by atoms with Crippen LogP contribution in [-0.4, -0.2) is 34.9 Å². The van der Waals surface area contributed by atoms with Crippen LogP contribution in [0.3, 0.4) is 0 Å². The summed E-state index contributed by atoms with van der Waals surface area (Å²) < 4.78 is 0. The number of hydrogen-bond acceptors (Lipinski definition) is 2. The number of imide groups is 1. The number of amides is 2. The fourth-order valence-electron chi connectivity index (χ4n) is 0.222. The molecule has 0 atom stereocenters. The molecule has 2 amide bonds. The molecule has 0 saturated heterocycles. The Morgan fingerprint density at radius 2 is 1.33 bits per heavy atom. The van der Waals surface area contributed by atoms with Gasteiger partial charge in [-0.2, -0.15) is 0 Å². The maximum absolute atomic E-state index is 9.87. The van der Waals surface area contributed by atoms with Crippen molar-refractivity contribution in [3.05, 3.63) is 5.32 Å². The third-order valence-electron chi connectivity index (χ3n) is 0.315. The number of carbonyl (C=O) groups is 2. The molecule has 0 aromatic carbocycles. The van der Waals surface area contributed by atoms with Crippen molar-refractivity contribution >= 4 is 34.9 Å². The van der Waals surface area contributed by atoms with E-state index in [4.69, 9.17) is 0 Å². The van der Waals surface area contributed by atoms with E-state index in [9.17, 15) is 9.59 Å². The molecule has 48 valence electrons. The molecule has 5 heteroatoms. The normalized spacial score (nSPS) is 6.00. The Morgan fingerprint density at radius 3 is 1.33 bits per heavy atom. The van der Waals surface area contributed by atoms with Crippen molar-refractivity contribution in [1.29, 1.82) is 0 Å². The van der Waals surface area contributed by atoms with Gasteiger partial charge in [-0.15, -0.1) is 0 Å². The maximum atomic E-state index is 9.87. The van der Waals surface area contributed by atoms with Crippen molar-refractivity contribution in [2.75, 3.05) is 0 Å². The molecule has 9 heavy (non-hydrogen) atoms. The minimum Gasteiger partial charge on any atom is -1.00 e. The number of hydrogen-bond donors (Lipinski definition) is 0. The van der Waals surface area contributed by atoms with E-state index < -0.39 is 11.8 Å².